The smallest absolute Gasteiger partial charge is 0.165 e. The van der Waals surface area contributed by atoms with E-state index in [2.05, 4.69) is 15.5 Å². The van der Waals surface area contributed by atoms with Crippen LogP contribution in [-0.2, 0) is 13.1 Å². The van der Waals surface area contributed by atoms with Gasteiger partial charge in [0.2, 0.25) is 0 Å². The zero-order chi connectivity index (χ0) is 9.97. The van der Waals surface area contributed by atoms with Crippen molar-refractivity contribution < 1.29 is 0 Å². The third-order valence-corrected chi connectivity index (χ3v) is 3.05. The van der Waals surface area contributed by atoms with Crippen molar-refractivity contribution in [2.45, 2.75) is 13.1 Å². The van der Waals surface area contributed by atoms with Crippen LogP contribution in [0.4, 0.5) is 0 Å². The van der Waals surface area contributed by atoms with Gasteiger partial charge < -0.3 is 5.73 Å². The van der Waals surface area contributed by atoms with Gasteiger partial charge in [-0.25, -0.2) is 4.68 Å². The summed E-state index contributed by atoms with van der Waals surface area (Å²) in [6.45, 7) is 0.899. The summed E-state index contributed by atoms with van der Waals surface area (Å²) in [6, 6.07) is 1.95. The Morgan fingerprint density at radius 1 is 1.57 bits per heavy atom. The highest BCUT2D eigenvalue weighted by molar-refractivity contribution is 7.14. The number of halogens is 1. The van der Waals surface area contributed by atoms with E-state index in [1.54, 1.807) is 4.68 Å². The number of hydrogen-bond acceptors (Lipinski definition) is 5. The number of thiophene rings is 1. The number of aromatic nitrogens is 4. The van der Waals surface area contributed by atoms with Crippen LogP contribution in [0.5, 0.6) is 0 Å². The maximum Gasteiger partial charge on any atom is 0.165 e. The zero-order valence-electron chi connectivity index (χ0n) is 7.22. The van der Waals surface area contributed by atoms with Crippen LogP contribution in [0.1, 0.15) is 11.4 Å². The van der Waals surface area contributed by atoms with Crippen LogP contribution in [0.3, 0.4) is 0 Å². The van der Waals surface area contributed by atoms with Gasteiger partial charge in [-0.2, -0.15) is 0 Å². The second-order valence-corrected chi connectivity index (χ2v) is 4.19. The van der Waals surface area contributed by atoms with Crippen LogP contribution < -0.4 is 5.73 Å². The molecular formula is C7H8ClN5S. The SMILES string of the molecule is NCc1nnnn1Cc1ccsc1Cl. The quantitative estimate of drug-likeness (QED) is 0.849. The normalized spacial score (nSPS) is 10.7. The summed E-state index contributed by atoms with van der Waals surface area (Å²) in [5.41, 5.74) is 6.48. The van der Waals surface area contributed by atoms with Crippen molar-refractivity contribution in [3.8, 4) is 0 Å². The van der Waals surface area contributed by atoms with E-state index in [0.29, 0.717) is 18.9 Å². The Balaban J connectivity index is 2.22. The van der Waals surface area contributed by atoms with Crippen molar-refractivity contribution in [2.24, 2.45) is 5.73 Å². The van der Waals surface area contributed by atoms with Crippen LogP contribution in [0.15, 0.2) is 11.4 Å². The highest BCUT2D eigenvalue weighted by atomic mass is 35.5. The van der Waals surface area contributed by atoms with Crippen LogP contribution >= 0.6 is 22.9 Å². The number of rotatable bonds is 3. The average Bonchev–Trinajstić information content (AvgIpc) is 2.77. The molecule has 0 unspecified atom stereocenters. The number of nitrogens with zero attached hydrogens (tertiary/aromatic N) is 4. The molecule has 7 heteroatoms. The zero-order valence-corrected chi connectivity index (χ0v) is 8.79. The Kier molecular flexibility index (Phi) is 2.76. The molecule has 2 heterocycles. The van der Waals surface area contributed by atoms with E-state index in [-0.39, 0.29) is 0 Å². The molecular weight excluding hydrogens is 222 g/mol. The molecule has 2 rings (SSSR count). The van der Waals surface area contributed by atoms with Crippen molar-refractivity contribution >= 4 is 22.9 Å². The van der Waals surface area contributed by atoms with Gasteiger partial charge in [0.15, 0.2) is 5.82 Å². The monoisotopic (exact) mass is 229 g/mol. The highest BCUT2D eigenvalue weighted by Crippen LogP contribution is 2.23. The number of tetrazole rings is 1. The van der Waals surface area contributed by atoms with Gasteiger partial charge in [0.25, 0.3) is 0 Å². The van der Waals surface area contributed by atoms with E-state index in [1.165, 1.54) is 11.3 Å². The lowest BCUT2D eigenvalue weighted by Gasteiger charge is -2.00. The lowest BCUT2D eigenvalue weighted by molar-refractivity contribution is 0.620. The molecule has 0 bridgehead atoms. The van der Waals surface area contributed by atoms with E-state index < -0.39 is 0 Å². The molecule has 0 radical (unpaired) electrons. The van der Waals surface area contributed by atoms with Crippen molar-refractivity contribution in [1.29, 1.82) is 0 Å². The Morgan fingerprint density at radius 2 is 2.43 bits per heavy atom. The third-order valence-electron chi connectivity index (χ3n) is 1.80. The Hall–Kier alpha value is -0.980. The summed E-state index contributed by atoms with van der Waals surface area (Å²) < 4.78 is 2.41. The van der Waals surface area contributed by atoms with Crippen molar-refractivity contribution in [3.63, 3.8) is 0 Å². The van der Waals surface area contributed by atoms with Crippen LogP contribution in [0.2, 0.25) is 4.34 Å². The first kappa shape index (κ1) is 9.57. The molecule has 2 aromatic heterocycles. The molecule has 0 aliphatic carbocycles. The van der Waals surface area contributed by atoms with Crippen LogP contribution in [0, 0.1) is 0 Å². The minimum atomic E-state index is 0.328. The third kappa shape index (κ3) is 1.77. The molecule has 0 fully saturated rings. The molecule has 74 valence electrons. The second-order valence-electron chi connectivity index (χ2n) is 2.68. The van der Waals surface area contributed by atoms with Crippen molar-refractivity contribution in [1.82, 2.24) is 20.2 Å². The minimum Gasteiger partial charge on any atom is -0.324 e. The number of hydrogen-bond donors (Lipinski definition) is 1. The predicted molar refractivity (Wildman–Crippen MR) is 54.1 cm³/mol. The van der Waals surface area contributed by atoms with Gasteiger partial charge in [-0.15, -0.1) is 16.4 Å². The molecule has 0 saturated carbocycles. The Morgan fingerprint density at radius 3 is 3.07 bits per heavy atom. The van der Waals surface area contributed by atoms with E-state index in [9.17, 15) is 0 Å². The highest BCUT2D eigenvalue weighted by Gasteiger charge is 2.07. The molecule has 0 spiro atoms. The fourth-order valence-corrected chi connectivity index (χ4v) is 2.00. The minimum absolute atomic E-state index is 0.328. The van der Waals surface area contributed by atoms with Gasteiger partial charge in [0.05, 0.1) is 17.4 Å². The van der Waals surface area contributed by atoms with Crippen molar-refractivity contribution in [3.05, 3.63) is 27.2 Å². The lowest BCUT2D eigenvalue weighted by atomic mass is 10.3. The number of nitrogens with two attached hydrogens (primary N) is 1. The molecule has 0 atom stereocenters. The maximum atomic E-state index is 5.96. The van der Waals surface area contributed by atoms with Crippen LogP contribution in [0.25, 0.3) is 0 Å². The first-order valence-electron chi connectivity index (χ1n) is 3.98. The van der Waals surface area contributed by atoms with Gasteiger partial charge in [-0.1, -0.05) is 11.6 Å². The Labute approximate surface area is 89.5 Å². The molecule has 0 aliphatic heterocycles. The van der Waals surface area contributed by atoms with Gasteiger partial charge in [-0.05, 0) is 21.9 Å². The lowest BCUT2D eigenvalue weighted by Crippen LogP contribution is -2.10. The second kappa shape index (κ2) is 4.04. The first-order chi connectivity index (χ1) is 6.81. The molecule has 0 aliphatic rings. The molecule has 2 N–H and O–H groups in total. The van der Waals surface area contributed by atoms with E-state index in [0.717, 1.165) is 9.90 Å². The Bertz CT molecular complexity index is 423. The van der Waals surface area contributed by atoms with Gasteiger partial charge >= 0.3 is 0 Å². The maximum absolute atomic E-state index is 5.96. The van der Waals surface area contributed by atoms with E-state index >= 15 is 0 Å². The largest absolute Gasteiger partial charge is 0.324 e. The molecule has 14 heavy (non-hydrogen) atoms. The summed E-state index contributed by atoms with van der Waals surface area (Å²) in [5.74, 6) is 0.660. The first-order valence-corrected chi connectivity index (χ1v) is 5.24. The summed E-state index contributed by atoms with van der Waals surface area (Å²) >= 11 is 7.45. The van der Waals surface area contributed by atoms with E-state index in [4.69, 9.17) is 17.3 Å². The molecule has 0 aromatic carbocycles. The van der Waals surface area contributed by atoms with Crippen molar-refractivity contribution in [2.75, 3.05) is 0 Å². The fourth-order valence-electron chi connectivity index (χ4n) is 1.09. The summed E-state index contributed by atoms with van der Waals surface area (Å²) in [5, 5.41) is 13.1. The van der Waals surface area contributed by atoms with E-state index in [1.807, 2.05) is 11.4 Å². The van der Waals surface area contributed by atoms with Gasteiger partial charge in [-0.3, -0.25) is 0 Å². The summed E-state index contributed by atoms with van der Waals surface area (Å²) in [7, 11) is 0. The topological polar surface area (TPSA) is 69.6 Å². The fraction of sp³-hybridized carbons (Fsp3) is 0.286. The molecule has 0 amide bonds. The standard InChI is InChI=1S/C7H8ClN5S/c8-7-5(1-2-14-7)4-13-6(3-9)10-11-12-13/h1-2H,3-4,9H2. The molecule has 5 nitrogen and oxygen atoms in total. The average molecular weight is 230 g/mol. The van der Waals surface area contributed by atoms with Crippen LogP contribution in [-0.4, -0.2) is 20.2 Å². The van der Waals surface area contributed by atoms with Gasteiger partial charge in [0.1, 0.15) is 0 Å². The predicted octanol–water partition coefficient (Wildman–Crippen LogP) is 0.895. The summed E-state index contributed by atoms with van der Waals surface area (Å²) in [6.07, 6.45) is 0. The summed E-state index contributed by atoms with van der Waals surface area (Å²) in [4.78, 5) is 0. The molecule has 0 saturated heterocycles. The molecule has 2 aromatic rings. The van der Waals surface area contributed by atoms with Gasteiger partial charge in [0, 0.05) is 5.56 Å².